The van der Waals surface area contributed by atoms with Gasteiger partial charge in [-0.3, -0.25) is 4.79 Å². The first-order valence-electron chi connectivity index (χ1n) is 7.80. The van der Waals surface area contributed by atoms with Gasteiger partial charge in [0.15, 0.2) is 0 Å². The van der Waals surface area contributed by atoms with E-state index in [0.29, 0.717) is 25.9 Å². The number of halogens is 1. The molecule has 1 aromatic carbocycles. The van der Waals surface area contributed by atoms with Crippen LogP contribution in [0.25, 0.3) is 0 Å². The van der Waals surface area contributed by atoms with Crippen molar-refractivity contribution in [1.82, 2.24) is 5.06 Å². The highest BCUT2D eigenvalue weighted by atomic mass is 79.9. The predicted molar refractivity (Wildman–Crippen MR) is 92.6 cm³/mol. The maximum Gasteiger partial charge on any atom is 0.330 e. The number of hydrogen-bond donors (Lipinski definition) is 1. The molecule has 0 spiro atoms. The smallest absolute Gasteiger partial charge is 0.330 e. The zero-order chi connectivity index (χ0) is 17.0. The van der Waals surface area contributed by atoms with Crippen molar-refractivity contribution >= 4 is 33.5 Å². The fourth-order valence-electron chi connectivity index (χ4n) is 2.26. The van der Waals surface area contributed by atoms with E-state index in [-0.39, 0.29) is 17.8 Å². The van der Waals surface area contributed by atoms with Crippen molar-refractivity contribution in [3.63, 3.8) is 0 Å². The Morgan fingerprint density at radius 2 is 1.83 bits per heavy atom. The van der Waals surface area contributed by atoms with Crippen LogP contribution in [0.1, 0.15) is 33.6 Å². The standard InChI is InChI=1S/C17H23BrN2O3/c1-17(2,3)16(22)23-20-10-8-12(9-11-20)15(21)19-14-7-5-4-6-13(14)18/h4-7,12H,8-11H2,1-3H3,(H,19,21). The number of rotatable bonds is 3. The molecule has 0 saturated carbocycles. The molecule has 1 N–H and O–H groups in total. The number of carbonyl (C=O) groups is 2. The molecular formula is C17H23BrN2O3. The Morgan fingerprint density at radius 3 is 2.39 bits per heavy atom. The summed E-state index contributed by atoms with van der Waals surface area (Å²) >= 11 is 3.42. The lowest BCUT2D eigenvalue weighted by atomic mass is 9.96. The third-order valence-corrected chi connectivity index (χ3v) is 4.47. The summed E-state index contributed by atoms with van der Waals surface area (Å²) in [6, 6.07) is 7.54. The number of benzene rings is 1. The number of para-hydroxylation sites is 1. The molecule has 1 amide bonds. The second kappa shape index (κ2) is 7.45. The molecule has 0 aliphatic carbocycles. The van der Waals surface area contributed by atoms with Gasteiger partial charge in [0, 0.05) is 23.5 Å². The first-order valence-corrected chi connectivity index (χ1v) is 8.59. The predicted octanol–water partition coefficient (Wildman–Crippen LogP) is 3.60. The van der Waals surface area contributed by atoms with Crippen molar-refractivity contribution in [2.45, 2.75) is 33.6 Å². The van der Waals surface area contributed by atoms with E-state index >= 15 is 0 Å². The van der Waals surface area contributed by atoms with E-state index in [2.05, 4.69) is 21.2 Å². The molecule has 2 rings (SSSR count). The van der Waals surface area contributed by atoms with Crippen LogP contribution in [0.5, 0.6) is 0 Å². The second-order valence-electron chi connectivity index (χ2n) is 6.80. The summed E-state index contributed by atoms with van der Waals surface area (Å²) < 4.78 is 0.866. The summed E-state index contributed by atoms with van der Waals surface area (Å²) in [5, 5.41) is 4.61. The first-order chi connectivity index (χ1) is 10.8. The van der Waals surface area contributed by atoms with E-state index in [4.69, 9.17) is 4.84 Å². The topological polar surface area (TPSA) is 58.6 Å². The van der Waals surface area contributed by atoms with Crippen LogP contribution in [-0.2, 0) is 14.4 Å². The summed E-state index contributed by atoms with van der Waals surface area (Å²) in [5.41, 5.74) is 0.257. The van der Waals surface area contributed by atoms with Crippen LogP contribution in [0.4, 0.5) is 5.69 Å². The number of amides is 1. The third-order valence-electron chi connectivity index (χ3n) is 3.78. The van der Waals surface area contributed by atoms with Gasteiger partial charge in [-0.05, 0) is 61.7 Å². The lowest BCUT2D eigenvalue weighted by Crippen LogP contribution is -2.41. The van der Waals surface area contributed by atoms with Gasteiger partial charge in [0.1, 0.15) is 0 Å². The van der Waals surface area contributed by atoms with Crippen molar-refractivity contribution in [2.75, 3.05) is 18.4 Å². The molecule has 0 atom stereocenters. The highest BCUT2D eigenvalue weighted by molar-refractivity contribution is 9.10. The second-order valence-corrected chi connectivity index (χ2v) is 7.66. The van der Waals surface area contributed by atoms with Gasteiger partial charge in [-0.1, -0.05) is 12.1 Å². The molecule has 0 aromatic heterocycles. The van der Waals surface area contributed by atoms with Gasteiger partial charge in [-0.15, -0.1) is 5.06 Å². The third kappa shape index (κ3) is 5.04. The molecule has 23 heavy (non-hydrogen) atoms. The quantitative estimate of drug-likeness (QED) is 0.867. The van der Waals surface area contributed by atoms with E-state index in [1.54, 1.807) is 5.06 Å². The molecule has 5 nitrogen and oxygen atoms in total. The van der Waals surface area contributed by atoms with Gasteiger partial charge in [-0.2, -0.15) is 0 Å². The Hall–Kier alpha value is -1.40. The average Bonchev–Trinajstić information content (AvgIpc) is 2.49. The number of nitrogens with zero attached hydrogens (tertiary/aromatic N) is 1. The first kappa shape index (κ1) is 17.9. The number of carbonyl (C=O) groups excluding carboxylic acids is 2. The summed E-state index contributed by atoms with van der Waals surface area (Å²) in [7, 11) is 0. The molecule has 1 aromatic rings. The van der Waals surface area contributed by atoms with Crippen molar-refractivity contribution < 1.29 is 14.4 Å². The van der Waals surface area contributed by atoms with Gasteiger partial charge < -0.3 is 10.2 Å². The van der Waals surface area contributed by atoms with E-state index < -0.39 is 5.41 Å². The molecule has 0 bridgehead atoms. The summed E-state index contributed by atoms with van der Waals surface area (Å²) in [4.78, 5) is 29.6. The van der Waals surface area contributed by atoms with Crippen LogP contribution in [0.2, 0.25) is 0 Å². The van der Waals surface area contributed by atoms with Crippen LogP contribution in [0, 0.1) is 11.3 Å². The highest BCUT2D eigenvalue weighted by Crippen LogP contribution is 2.25. The van der Waals surface area contributed by atoms with Gasteiger partial charge >= 0.3 is 5.97 Å². The van der Waals surface area contributed by atoms with Gasteiger partial charge in [-0.25, -0.2) is 4.79 Å². The van der Waals surface area contributed by atoms with Crippen molar-refractivity contribution in [3.8, 4) is 0 Å². The van der Waals surface area contributed by atoms with Crippen LogP contribution >= 0.6 is 15.9 Å². The van der Waals surface area contributed by atoms with Crippen molar-refractivity contribution in [2.24, 2.45) is 11.3 Å². The minimum atomic E-state index is -0.520. The summed E-state index contributed by atoms with van der Waals surface area (Å²) in [6.07, 6.45) is 1.35. The molecule has 1 fully saturated rings. The van der Waals surface area contributed by atoms with Crippen molar-refractivity contribution in [1.29, 1.82) is 0 Å². The zero-order valence-electron chi connectivity index (χ0n) is 13.8. The number of piperidine rings is 1. The molecule has 0 unspecified atom stereocenters. The fourth-order valence-corrected chi connectivity index (χ4v) is 2.64. The molecule has 126 valence electrons. The molecule has 1 heterocycles. The minimum Gasteiger partial charge on any atom is -0.367 e. The Balaban J connectivity index is 1.83. The van der Waals surface area contributed by atoms with Crippen LogP contribution in [-0.4, -0.2) is 30.0 Å². The van der Waals surface area contributed by atoms with E-state index in [1.165, 1.54) is 0 Å². The average molecular weight is 383 g/mol. The summed E-state index contributed by atoms with van der Waals surface area (Å²) in [5.74, 6) is -0.293. The molecule has 1 aliphatic heterocycles. The van der Waals surface area contributed by atoms with Gasteiger partial charge in [0.05, 0.1) is 11.1 Å². The molecule has 6 heteroatoms. The van der Waals surface area contributed by atoms with E-state index in [9.17, 15) is 9.59 Å². The van der Waals surface area contributed by atoms with E-state index in [0.717, 1.165) is 10.2 Å². The maximum atomic E-state index is 12.3. The normalized spacial score (nSPS) is 16.9. The summed E-state index contributed by atoms with van der Waals surface area (Å²) in [6.45, 7) is 6.64. The largest absolute Gasteiger partial charge is 0.367 e. The number of hydrogen-bond acceptors (Lipinski definition) is 4. The Morgan fingerprint density at radius 1 is 1.22 bits per heavy atom. The Labute approximate surface area is 145 Å². The molecular weight excluding hydrogens is 360 g/mol. The number of anilines is 1. The fraction of sp³-hybridized carbons (Fsp3) is 0.529. The van der Waals surface area contributed by atoms with E-state index in [1.807, 2.05) is 45.0 Å². The number of nitrogens with one attached hydrogen (secondary N) is 1. The Bertz CT molecular complexity index is 575. The molecule has 1 aliphatic rings. The lowest BCUT2D eigenvalue weighted by Gasteiger charge is -2.31. The molecule has 0 radical (unpaired) electrons. The van der Waals surface area contributed by atoms with Crippen LogP contribution < -0.4 is 5.32 Å². The monoisotopic (exact) mass is 382 g/mol. The minimum absolute atomic E-state index is 0.0127. The van der Waals surface area contributed by atoms with Gasteiger partial charge in [0.25, 0.3) is 0 Å². The molecule has 1 saturated heterocycles. The van der Waals surface area contributed by atoms with Crippen LogP contribution in [0.3, 0.4) is 0 Å². The highest BCUT2D eigenvalue weighted by Gasteiger charge is 2.30. The SMILES string of the molecule is CC(C)(C)C(=O)ON1CCC(C(=O)Nc2ccccc2Br)CC1. The maximum absolute atomic E-state index is 12.3. The lowest BCUT2D eigenvalue weighted by molar-refractivity contribution is -0.205. The zero-order valence-corrected chi connectivity index (χ0v) is 15.4. The van der Waals surface area contributed by atoms with Gasteiger partial charge in [0.2, 0.25) is 5.91 Å². The van der Waals surface area contributed by atoms with Crippen LogP contribution in [0.15, 0.2) is 28.7 Å². The van der Waals surface area contributed by atoms with Crippen molar-refractivity contribution in [3.05, 3.63) is 28.7 Å². The Kier molecular flexibility index (Phi) is 5.81. The number of hydroxylamine groups is 2.